The average molecular weight is 689 g/mol. The molecule has 1 unspecified atom stereocenters. The molecule has 2 aliphatic rings. The van der Waals surface area contributed by atoms with Crippen molar-refractivity contribution in [2.75, 3.05) is 0 Å². The van der Waals surface area contributed by atoms with E-state index in [2.05, 4.69) is 105 Å². The summed E-state index contributed by atoms with van der Waals surface area (Å²) in [6, 6.07) is 36.2. The lowest BCUT2D eigenvalue weighted by Crippen LogP contribution is -2.26. The van der Waals surface area contributed by atoms with E-state index in [0.717, 1.165) is 63.9 Å². The first-order valence-corrected chi connectivity index (χ1v) is 15.7. The molecule has 0 saturated carbocycles. The maximum Gasteiger partial charge on any atom is 0.150 e. The van der Waals surface area contributed by atoms with Crippen molar-refractivity contribution in [1.29, 1.82) is 0 Å². The molecule has 0 aliphatic heterocycles. The lowest BCUT2D eigenvalue weighted by atomic mass is 9.70. The van der Waals surface area contributed by atoms with E-state index in [1.165, 1.54) is 33.4 Å². The van der Waals surface area contributed by atoms with Gasteiger partial charge in [0.1, 0.15) is 22.3 Å². The van der Waals surface area contributed by atoms with Gasteiger partial charge < -0.3 is 8.83 Å². The summed E-state index contributed by atoms with van der Waals surface area (Å²) in [5.74, 6) is 0. The van der Waals surface area contributed by atoms with Crippen LogP contribution >= 0.6 is 43.5 Å². The first kappa shape index (κ1) is 23.7. The van der Waals surface area contributed by atoms with Crippen molar-refractivity contribution < 1.29 is 8.83 Å². The van der Waals surface area contributed by atoms with Crippen molar-refractivity contribution in [1.82, 2.24) is 0 Å². The van der Waals surface area contributed by atoms with Gasteiger partial charge in [0.25, 0.3) is 0 Å². The van der Waals surface area contributed by atoms with Crippen LogP contribution in [0.4, 0.5) is 0 Å². The molecule has 0 saturated heterocycles. The van der Waals surface area contributed by atoms with Crippen molar-refractivity contribution >= 4 is 87.3 Å². The Balaban J connectivity index is 1.53. The quantitative estimate of drug-likeness (QED) is 0.159. The smallest absolute Gasteiger partial charge is 0.150 e. The summed E-state index contributed by atoms with van der Waals surface area (Å²) in [5, 5.41) is 5.05. The fourth-order valence-corrected chi connectivity index (χ4v) is 9.09. The number of hydrogen-bond donors (Lipinski definition) is 0. The summed E-state index contributed by atoms with van der Waals surface area (Å²) in [7, 11) is 0. The highest BCUT2D eigenvalue weighted by Gasteiger charge is 2.54. The molecule has 2 aliphatic carbocycles. The molecule has 2 heterocycles. The topological polar surface area (TPSA) is 26.3 Å². The van der Waals surface area contributed by atoms with Gasteiger partial charge in [0.2, 0.25) is 0 Å². The lowest BCUT2D eigenvalue weighted by molar-refractivity contribution is 0.666. The number of fused-ring (bicyclic) bond motifs is 18. The number of benzene rings is 6. The number of furan rings is 2. The summed E-state index contributed by atoms with van der Waals surface area (Å²) in [4.78, 5) is 0. The molecule has 8 aromatic rings. The molecule has 10 rings (SSSR count). The minimum absolute atomic E-state index is 0.605. The van der Waals surface area contributed by atoms with E-state index in [9.17, 15) is 0 Å². The van der Waals surface area contributed by atoms with Crippen LogP contribution in [0.25, 0.3) is 66.1 Å². The number of rotatable bonds is 0. The third-order valence-electron chi connectivity index (χ3n) is 9.27. The summed E-state index contributed by atoms with van der Waals surface area (Å²) in [5.41, 5.74) is 12.3. The van der Waals surface area contributed by atoms with Crippen LogP contribution < -0.4 is 0 Å². The SMILES string of the molecule is Clc1ccc2c(c1)C1(c3ccccc3-2)c2cc(Br)c3c(oc4ccccc43)c2-c2c1cc(Br)c1oc3ccccc3c21. The second-order valence-electron chi connectivity index (χ2n) is 11.2. The first-order valence-electron chi connectivity index (χ1n) is 13.8. The summed E-state index contributed by atoms with van der Waals surface area (Å²) in [6.07, 6.45) is 0. The summed E-state index contributed by atoms with van der Waals surface area (Å²) in [6.45, 7) is 0. The molecule has 0 amide bonds. The number of para-hydroxylation sites is 2. The third-order valence-corrected chi connectivity index (χ3v) is 10.7. The van der Waals surface area contributed by atoms with Gasteiger partial charge in [-0.05, 0) is 85.7 Å². The van der Waals surface area contributed by atoms with Crippen molar-refractivity contribution in [3.63, 3.8) is 0 Å². The predicted octanol–water partition coefficient (Wildman–Crippen LogP) is 12.0. The molecular formula is C37H17Br2ClO2. The minimum atomic E-state index is -0.605. The van der Waals surface area contributed by atoms with Crippen molar-refractivity contribution in [3.05, 3.63) is 139 Å². The fourth-order valence-electron chi connectivity index (χ4n) is 7.79. The standard InChI is InChI=1S/C37H17Br2ClO2/c38-27-16-26-34(36-31(27)21-8-2-5-11-29(21)42-36)33-25(17-28(39)35-32(33)22-9-3-6-12-30(22)41-35)37(26)23-10-4-1-7-19(23)20-14-13-18(40)15-24(20)37/h1-17H. The molecule has 2 nitrogen and oxygen atoms in total. The molecule has 0 fully saturated rings. The van der Waals surface area contributed by atoms with Gasteiger partial charge in [0.05, 0.1) is 9.89 Å². The highest BCUT2D eigenvalue weighted by atomic mass is 79.9. The van der Waals surface area contributed by atoms with Gasteiger partial charge in [-0.3, -0.25) is 0 Å². The van der Waals surface area contributed by atoms with Gasteiger partial charge in [-0.15, -0.1) is 0 Å². The monoisotopic (exact) mass is 686 g/mol. The Kier molecular flexibility index (Phi) is 4.49. The zero-order chi connectivity index (χ0) is 27.9. The Bertz CT molecular complexity index is 2520. The molecule has 5 heteroatoms. The normalized spacial score (nSPS) is 16.5. The largest absolute Gasteiger partial charge is 0.455 e. The maximum atomic E-state index is 6.80. The van der Waals surface area contributed by atoms with Gasteiger partial charge in [0.15, 0.2) is 0 Å². The Morgan fingerprint density at radius 3 is 1.95 bits per heavy atom. The van der Waals surface area contributed by atoms with E-state index in [0.29, 0.717) is 5.02 Å². The maximum absolute atomic E-state index is 6.80. The van der Waals surface area contributed by atoms with E-state index < -0.39 is 5.41 Å². The Morgan fingerprint density at radius 2 is 1.14 bits per heavy atom. The van der Waals surface area contributed by atoms with Crippen LogP contribution in [0.2, 0.25) is 5.02 Å². The molecule has 0 N–H and O–H groups in total. The molecular weight excluding hydrogens is 672 g/mol. The van der Waals surface area contributed by atoms with Crippen LogP contribution in [0.1, 0.15) is 22.3 Å². The second kappa shape index (κ2) is 7.96. The molecule has 1 atom stereocenters. The van der Waals surface area contributed by atoms with E-state index in [1.54, 1.807) is 0 Å². The van der Waals surface area contributed by atoms with E-state index in [-0.39, 0.29) is 0 Å². The van der Waals surface area contributed by atoms with Crippen LogP contribution in [0.15, 0.2) is 121 Å². The van der Waals surface area contributed by atoms with Crippen LogP contribution in [0, 0.1) is 0 Å². The highest BCUT2D eigenvalue weighted by molar-refractivity contribution is 9.11. The highest BCUT2D eigenvalue weighted by Crippen LogP contribution is 2.67. The van der Waals surface area contributed by atoms with Crippen LogP contribution in [0.3, 0.4) is 0 Å². The minimum Gasteiger partial charge on any atom is -0.455 e. The van der Waals surface area contributed by atoms with Gasteiger partial charge in [-0.1, -0.05) is 94.3 Å². The van der Waals surface area contributed by atoms with Crippen molar-refractivity contribution in [2.24, 2.45) is 0 Å². The van der Waals surface area contributed by atoms with Gasteiger partial charge in [-0.25, -0.2) is 0 Å². The van der Waals surface area contributed by atoms with Crippen LogP contribution in [-0.4, -0.2) is 0 Å². The van der Waals surface area contributed by atoms with Gasteiger partial charge in [0, 0.05) is 42.2 Å². The summed E-state index contributed by atoms with van der Waals surface area (Å²) < 4.78 is 15.3. The predicted molar refractivity (Wildman–Crippen MR) is 178 cm³/mol. The zero-order valence-electron chi connectivity index (χ0n) is 21.8. The lowest BCUT2D eigenvalue weighted by Gasteiger charge is -2.30. The number of hydrogen-bond acceptors (Lipinski definition) is 2. The van der Waals surface area contributed by atoms with Crippen LogP contribution in [0.5, 0.6) is 0 Å². The average Bonchev–Trinajstić information content (AvgIpc) is 3.72. The Hall–Kier alpha value is -3.83. The van der Waals surface area contributed by atoms with E-state index >= 15 is 0 Å². The first-order chi connectivity index (χ1) is 20.6. The van der Waals surface area contributed by atoms with Gasteiger partial charge >= 0.3 is 0 Å². The molecule has 1 spiro atoms. The fraction of sp³-hybridized carbons (Fsp3) is 0.0270. The Morgan fingerprint density at radius 1 is 0.524 bits per heavy atom. The van der Waals surface area contributed by atoms with E-state index in [1.807, 2.05) is 30.3 Å². The molecule has 6 aromatic carbocycles. The van der Waals surface area contributed by atoms with Gasteiger partial charge in [-0.2, -0.15) is 0 Å². The molecule has 198 valence electrons. The summed E-state index contributed by atoms with van der Waals surface area (Å²) >= 11 is 14.7. The molecule has 2 aromatic heterocycles. The molecule has 0 radical (unpaired) electrons. The van der Waals surface area contributed by atoms with Crippen molar-refractivity contribution in [2.45, 2.75) is 5.41 Å². The van der Waals surface area contributed by atoms with Crippen LogP contribution in [-0.2, 0) is 5.41 Å². The zero-order valence-corrected chi connectivity index (χ0v) is 25.7. The second-order valence-corrected chi connectivity index (χ2v) is 13.3. The molecule has 0 bridgehead atoms. The number of halogens is 3. The van der Waals surface area contributed by atoms with E-state index in [4.69, 9.17) is 20.4 Å². The molecule has 42 heavy (non-hydrogen) atoms. The van der Waals surface area contributed by atoms with Crippen molar-refractivity contribution in [3.8, 4) is 22.3 Å². The Labute approximate surface area is 261 Å². The third kappa shape index (κ3) is 2.64.